The Kier molecular flexibility index (Phi) is 15.2. The minimum atomic E-state index is -0.918. The van der Waals surface area contributed by atoms with E-state index in [0.717, 1.165) is 33.4 Å². The number of carboxylic acid groups (broad SMARTS) is 1. The molecule has 0 fully saturated rings. The third-order valence-corrected chi connectivity index (χ3v) is 10.5. The van der Waals surface area contributed by atoms with Crippen LogP contribution in [-0.2, 0) is 32.0 Å². The van der Waals surface area contributed by atoms with Gasteiger partial charge in [0.05, 0.1) is 6.42 Å². The predicted octanol–water partition coefficient (Wildman–Crippen LogP) is 8.90. The molecule has 0 atom stereocenters. The quantitative estimate of drug-likeness (QED) is 0.0583. The van der Waals surface area contributed by atoms with Gasteiger partial charge in [-0.25, -0.2) is 0 Å². The molecular formula is C53H49N3O11. The zero-order valence-electron chi connectivity index (χ0n) is 36.9. The number of rotatable bonds is 17. The van der Waals surface area contributed by atoms with Crippen LogP contribution in [0.2, 0.25) is 0 Å². The van der Waals surface area contributed by atoms with Crippen LogP contribution in [0, 0.1) is 0 Å². The second kappa shape index (κ2) is 21.9. The number of nitrogens with two attached hydrogens (primary N) is 2. The molecule has 67 heavy (non-hydrogen) atoms. The summed E-state index contributed by atoms with van der Waals surface area (Å²) in [6.07, 6.45) is 5.35. The highest BCUT2D eigenvalue weighted by atomic mass is 16.7. The molecule has 0 aliphatic carbocycles. The maximum atomic E-state index is 12.9. The standard InChI is InChI=1S/C27H26N2O5.C26H23NO6/c1-29(2)27(31)23(15-19-5-13-24-25(16-19)33-17-32-24)20-7-11-22(12-8-20)34-21-9-3-18(4-10-21)6-14-26(28)30;27-25(28)12-4-17-1-7-21(8-2-17)33-22-9-5-19(6-10-22)20(15-26(29)30)13-18-3-11-23-24(14-18)32-16-31-23/h3-5,7-13,15-16H,6,14,17H2,1-2H3,(H2,28,30);1-3,5-11,13-14H,4,12,15-16H2,(H2,27,28)(H,29,30)/b23-15+;20-13-. The van der Waals surface area contributed by atoms with E-state index in [1.54, 1.807) is 31.1 Å². The summed E-state index contributed by atoms with van der Waals surface area (Å²) in [4.78, 5) is 47.8. The summed E-state index contributed by atoms with van der Waals surface area (Å²) in [6.45, 7) is 0.381. The van der Waals surface area contributed by atoms with Crippen LogP contribution in [0.4, 0.5) is 0 Å². The Labute approximate surface area is 387 Å². The second-order valence-electron chi connectivity index (χ2n) is 15.7. The number of hydrogen-bond donors (Lipinski definition) is 3. The van der Waals surface area contributed by atoms with Crippen molar-refractivity contribution in [3.8, 4) is 46.0 Å². The number of carbonyl (C=O) groups is 4. The average Bonchev–Trinajstić information content (AvgIpc) is 4.00. The lowest BCUT2D eigenvalue weighted by molar-refractivity contribution is -0.135. The summed E-state index contributed by atoms with van der Waals surface area (Å²) in [7, 11) is 3.45. The van der Waals surface area contributed by atoms with Gasteiger partial charge in [0, 0.05) is 32.5 Å². The number of amides is 3. The molecule has 342 valence electrons. The molecule has 2 aliphatic heterocycles. The molecule has 3 amide bonds. The summed E-state index contributed by atoms with van der Waals surface area (Å²) in [5.41, 5.74) is 16.8. The van der Waals surface area contributed by atoms with Crippen LogP contribution in [-0.4, -0.2) is 61.4 Å². The number of primary amides is 2. The predicted molar refractivity (Wildman–Crippen MR) is 253 cm³/mol. The number of likely N-dealkylation sites (N-methyl/N-ethyl adjacent to an activating group) is 1. The zero-order chi connectivity index (χ0) is 47.3. The number of carbonyl (C=O) groups excluding carboxylic acids is 3. The Morgan fingerprint density at radius 1 is 0.552 bits per heavy atom. The number of ether oxygens (including phenoxy) is 6. The van der Waals surface area contributed by atoms with Gasteiger partial charge >= 0.3 is 5.97 Å². The van der Waals surface area contributed by atoms with E-state index in [9.17, 15) is 24.3 Å². The largest absolute Gasteiger partial charge is 0.481 e. The summed E-state index contributed by atoms with van der Waals surface area (Å²) < 4.78 is 33.4. The van der Waals surface area contributed by atoms with Crippen molar-refractivity contribution >= 4 is 47.0 Å². The van der Waals surface area contributed by atoms with Crippen LogP contribution < -0.4 is 39.9 Å². The molecule has 14 heteroatoms. The van der Waals surface area contributed by atoms with Gasteiger partial charge in [-0.2, -0.15) is 0 Å². The van der Waals surface area contributed by atoms with Crippen LogP contribution in [0.1, 0.15) is 52.6 Å². The van der Waals surface area contributed by atoms with Gasteiger partial charge in [-0.05, 0) is 131 Å². The maximum absolute atomic E-state index is 12.9. The van der Waals surface area contributed by atoms with Crippen molar-refractivity contribution in [1.29, 1.82) is 0 Å². The topological polar surface area (TPSA) is 199 Å². The molecule has 0 saturated carbocycles. The van der Waals surface area contributed by atoms with Crippen molar-refractivity contribution in [2.75, 3.05) is 27.7 Å². The van der Waals surface area contributed by atoms with E-state index >= 15 is 0 Å². The van der Waals surface area contributed by atoms with Crippen LogP contribution in [0.3, 0.4) is 0 Å². The van der Waals surface area contributed by atoms with E-state index in [1.807, 2.05) is 133 Å². The summed E-state index contributed by atoms with van der Waals surface area (Å²) in [5, 5.41) is 9.38. The number of benzene rings is 6. The number of carboxylic acids is 1. The first-order valence-corrected chi connectivity index (χ1v) is 21.3. The molecular weight excluding hydrogens is 855 g/mol. The first-order chi connectivity index (χ1) is 32.3. The normalized spacial score (nSPS) is 12.4. The molecule has 14 nitrogen and oxygen atoms in total. The van der Waals surface area contributed by atoms with Crippen molar-refractivity contribution < 1.29 is 52.7 Å². The molecule has 5 N–H and O–H groups in total. The summed E-state index contributed by atoms with van der Waals surface area (Å²) >= 11 is 0. The highest BCUT2D eigenvalue weighted by Gasteiger charge is 2.18. The Bertz CT molecular complexity index is 2780. The van der Waals surface area contributed by atoms with Crippen molar-refractivity contribution in [3.63, 3.8) is 0 Å². The first kappa shape index (κ1) is 46.5. The molecule has 0 aromatic heterocycles. The molecule has 2 aliphatic rings. The van der Waals surface area contributed by atoms with Gasteiger partial charge in [-0.15, -0.1) is 0 Å². The Balaban J connectivity index is 0.000000199. The lowest BCUT2D eigenvalue weighted by Gasteiger charge is -2.15. The smallest absolute Gasteiger partial charge is 0.307 e. The van der Waals surface area contributed by atoms with E-state index in [0.29, 0.717) is 82.8 Å². The van der Waals surface area contributed by atoms with Crippen LogP contribution in [0.5, 0.6) is 46.0 Å². The monoisotopic (exact) mass is 903 g/mol. The number of aryl methyl sites for hydroxylation is 2. The molecule has 8 rings (SSSR count). The molecule has 0 bridgehead atoms. The van der Waals surface area contributed by atoms with E-state index in [-0.39, 0.29) is 37.7 Å². The van der Waals surface area contributed by atoms with E-state index in [1.165, 1.54) is 0 Å². The third kappa shape index (κ3) is 13.3. The fraction of sp³-hybridized carbons (Fsp3) is 0.170. The van der Waals surface area contributed by atoms with Crippen molar-refractivity contribution in [2.45, 2.75) is 32.1 Å². The minimum absolute atomic E-state index is 0.113. The van der Waals surface area contributed by atoms with Gasteiger partial charge in [-0.1, -0.05) is 66.7 Å². The fourth-order valence-corrected chi connectivity index (χ4v) is 6.98. The molecule has 0 saturated heterocycles. The second-order valence-corrected chi connectivity index (χ2v) is 15.7. The van der Waals surface area contributed by atoms with E-state index < -0.39 is 5.97 Å². The van der Waals surface area contributed by atoms with Gasteiger partial charge in [0.2, 0.25) is 25.4 Å². The van der Waals surface area contributed by atoms with Gasteiger partial charge < -0.3 is 49.9 Å². The first-order valence-electron chi connectivity index (χ1n) is 21.3. The third-order valence-electron chi connectivity index (χ3n) is 10.5. The summed E-state index contributed by atoms with van der Waals surface area (Å²) in [6, 6.07) is 40.7. The molecule has 6 aromatic carbocycles. The van der Waals surface area contributed by atoms with Crippen LogP contribution >= 0.6 is 0 Å². The molecule has 2 heterocycles. The number of fused-ring (bicyclic) bond motifs is 2. The van der Waals surface area contributed by atoms with Gasteiger partial charge in [0.15, 0.2) is 23.0 Å². The Morgan fingerprint density at radius 2 is 0.955 bits per heavy atom. The van der Waals surface area contributed by atoms with Crippen molar-refractivity contribution in [1.82, 2.24) is 4.90 Å². The van der Waals surface area contributed by atoms with Gasteiger partial charge in [-0.3, -0.25) is 19.2 Å². The highest BCUT2D eigenvalue weighted by Crippen LogP contribution is 2.36. The Morgan fingerprint density at radius 3 is 1.37 bits per heavy atom. The maximum Gasteiger partial charge on any atom is 0.307 e. The number of hydrogen-bond acceptors (Lipinski definition) is 10. The van der Waals surface area contributed by atoms with E-state index in [4.69, 9.17) is 39.9 Å². The van der Waals surface area contributed by atoms with Crippen molar-refractivity contribution in [2.24, 2.45) is 11.5 Å². The van der Waals surface area contributed by atoms with Crippen LogP contribution in [0.25, 0.3) is 23.3 Å². The number of aliphatic carboxylic acids is 1. The Hall–Kier alpha value is -8.52. The molecule has 0 unspecified atom stereocenters. The molecule has 6 aromatic rings. The highest BCUT2D eigenvalue weighted by molar-refractivity contribution is 6.24. The van der Waals surface area contributed by atoms with Crippen LogP contribution in [0.15, 0.2) is 133 Å². The summed E-state index contributed by atoms with van der Waals surface area (Å²) in [5.74, 6) is 3.60. The average molecular weight is 904 g/mol. The minimum Gasteiger partial charge on any atom is -0.481 e. The van der Waals surface area contributed by atoms with Gasteiger partial charge in [0.25, 0.3) is 5.91 Å². The fourth-order valence-electron chi connectivity index (χ4n) is 6.98. The SMILES string of the molecule is CN(C)C(=O)/C(=C/c1ccc2c(c1)OCO2)c1ccc(Oc2ccc(CCC(N)=O)cc2)cc1.NC(=O)CCc1ccc(Oc2ccc(/C(=C\c3ccc4c(c3)OCO4)CC(=O)O)cc2)cc1. The lowest BCUT2D eigenvalue weighted by atomic mass is 9.99. The molecule has 0 radical (unpaired) electrons. The van der Waals surface area contributed by atoms with Gasteiger partial charge in [0.1, 0.15) is 23.0 Å². The molecule has 0 spiro atoms. The lowest BCUT2D eigenvalue weighted by Crippen LogP contribution is -2.22. The van der Waals surface area contributed by atoms with Crippen molar-refractivity contribution in [3.05, 3.63) is 167 Å². The van der Waals surface area contributed by atoms with E-state index in [2.05, 4.69) is 0 Å². The zero-order valence-corrected chi connectivity index (χ0v) is 36.9. The number of nitrogens with zero attached hydrogens (tertiary/aromatic N) is 1.